The van der Waals surface area contributed by atoms with E-state index in [-0.39, 0.29) is 12.0 Å². The highest BCUT2D eigenvalue weighted by Gasteiger charge is 2.29. The average Bonchev–Trinajstić information content (AvgIpc) is 2.50. The number of carbonyl (C=O) groups is 1. The van der Waals surface area contributed by atoms with Gasteiger partial charge in [-0.2, -0.15) is 0 Å². The van der Waals surface area contributed by atoms with E-state index in [2.05, 4.69) is 29.0 Å². The third-order valence-electron chi connectivity index (χ3n) is 4.68. The number of nitrogens with zero attached hydrogens (tertiary/aromatic N) is 2. The van der Waals surface area contributed by atoms with Gasteiger partial charge in [0.2, 0.25) is 0 Å². The van der Waals surface area contributed by atoms with Crippen LogP contribution in [0.25, 0.3) is 0 Å². The van der Waals surface area contributed by atoms with Crippen molar-refractivity contribution in [1.29, 1.82) is 0 Å². The molecule has 0 aliphatic carbocycles. The van der Waals surface area contributed by atoms with Gasteiger partial charge < -0.3 is 15.0 Å². The normalized spacial score (nSPS) is 25.6. The van der Waals surface area contributed by atoms with Crippen LogP contribution in [0.1, 0.15) is 39.5 Å². The quantitative estimate of drug-likeness (QED) is 0.744. The molecule has 5 heteroatoms. The van der Waals surface area contributed by atoms with E-state index in [0.29, 0.717) is 6.04 Å². The van der Waals surface area contributed by atoms with Crippen LogP contribution in [0.5, 0.6) is 0 Å². The highest BCUT2D eigenvalue weighted by atomic mass is 16.5. The molecule has 2 aliphatic rings. The van der Waals surface area contributed by atoms with Gasteiger partial charge in [0.15, 0.2) is 0 Å². The number of hydrogen-bond donors (Lipinski definition) is 1. The third kappa shape index (κ3) is 4.94. The van der Waals surface area contributed by atoms with Crippen molar-refractivity contribution in [2.45, 2.75) is 57.7 Å². The SMILES string of the molecule is COC(=O)C(CCN1CCN2CCCCC2C1)NC(C)C. The van der Waals surface area contributed by atoms with Crippen LogP contribution in [0.3, 0.4) is 0 Å². The second-order valence-electron chi connectivity index (χ2n) is 6.67. The number of methoxy groups -OCH3 is 1. The molecule has 0 aromatic carbocycles. The predicted molar refractivity (Wildman–Crippen MR) is 84.3 cm³/mol. The van der Waals surface area contributed by atoms with Crippen molar-refractivity contribution in [2.75, 3.05) is 39.8 Å². The maximum Gasteiger partial charge on any atom is 0.322 e. The van der Waals surface area contributed by atoms with Gasteiger partial charge in [0.1, 0.15) is 6.04 Å². The molecule has 0 amide bonds. The van der Waals surface area contributed by atoms with Crippen LogP contribution in [-0.4, -0.2) is 73.7 Å². The van der Waals surface area contributed by atoms with Gasteiger partial charge in [-0.25, -0.2) is 0 Å². The zero-order valence-electron chi connectivity index (χ0n) is 13.8. The van der Waals surface area contributed by atoms with Crippen molar-refractivity contribution < 1.29 is 9.53 Å². The van der Waals surface area contributed by atoms with Gasteiger partial charge in [-0.1, -0.05) is 20.3 Å². The van der Waals surface area contributed by atoms with Crippen LogP contribution >= 0.6 is 0 Å². The molecule has 0 spiro atoms. The molecule has 2 unspecified atom stereocenters. The lowest BCUT2D eigenvalue weighted by Gasteiger charge is -2.44. The number of piperazine rings is 1. The lowest BCUT2D eigenvalue weighted by molar-refractivity contribution is -0.143. The molecule has 0 aromatic rings. The number of carbonyl (C=O) groups excluding carboxylic acids is 1. The Labute approximate surface area is 129 Å². The topological polar surface area (TPSA) is 44.8 Å². The van der Waals surface area contributed by atoms with Crippen molar-refractivity contribution in [1.82, 2.24) is 15.1 Å². The van der Waals surface area contributed by atoms with E-state index in [4.69, 9.17) is 4.74 Å². The Hall–Kier alpha value is -0.650. The molecule has 2 aliphatic heterocycles. The Morgan fingerprint density at radius 3 is 2.81 bits per heavy atom. The Kier molecular flexibility index (Phi) is 6.45. The summed E-state index contributed by atoms with van der Waals surface area (Å²) in [6.07, 6.45) is 4.90. The minimum absolute atomic E-state index is 0.139. The van der Waals surface area contributed by atoms with E-state index < -0.39 is 0 Å². The first-order valence-electron chi connectivity index (χ1n) is 8.40. The standard InChI is InChI=1S/C16H31N3O2/c1-13(2)17-15(16(20)21-3)7-9-18-10-11-19-8-5-4-6-14(19)12-18/h13-15,17H,4-12H2,1-3H3. The Bertz CT molecular complexity index is 335. The summed E-state index contributed by atoms with van der Waals surface area (Å²) in [5.74, 6) is -0.139. The van der Waals surface area contributed by atoms with E-state index >= 15 is 0 Å². The van der Waals surface area contributed by atoms with Crippen molar-refractivity contribution >= 4 is 5.97 Å². The third-order valence-corrected chi connectivity index (χ3v) is 4.68. The summed E-state index contributed by atoms with van der Waals surface area (Å²) in [5.41, 5.74) is 0. The summed E-state index contributed by atoms with van der Waals surface area (Å²) in [6, 6.07) is 0.853. The number of piperidine rings is 1. The molecule has 122 valence electrons. The Morgan fingerprint density at radius 1 is 1.29 bits per heavy atom. The molecule has 2 fully saturated rings. The fourth-order valence-electron chi connectivity index (χ4n) is 3.55. The molecule has 1 N–H and O–H groups in total. The maximum absolute atomic E-state index is 11.8. The molecule has 5 nitrogen and oxygen atoms in total. The van der Waals surface area contributed by atoms with Gasteiger partial charge in [0.05, 0.1) is 7.11 Å². The second-order valence-corrected chi connectivity index (χ2v) is 6.67. The van der Waals surface area contributed by atoms with Crippen LogP contribution in [0, 0.1) is 0 Å². The highest BCUT2D eigenvalue weighted by molar-refractivity contribution is 5.75. The Balaban J connectivity index is 1.79. The molecular weight excluding hydrogens is 266 g/mol. The second kappa shape index (κ2) is 8.11. The molecule has 0 saturated carbocycles. The molecule has 2 saturated heterocycles. The van der Waals surface area contributed by atoms with Crippen LogP contribution in [0.4, 0.5) is 0 Å². The smallest absolute Gasteiger partial charge is 0.322 e. The maximum atomic E-state index is 11.8. The van der Waals surface area contributed by atoms with Gasteiger partial charge >= 0.3 is 5.97 Å². The first kappa shape index (κ1) is 16.7. The zero-order chi connectivity index (χ0) is 15.2. The molecule has 0 bridgehead atoms. The van der Waals surface area contributed by atoms with E-state index in [1.807, 2.05) is 0 Å². The predicted octanol–water partition coefficient (Wildman–Crippen LogP) is 1.09. The van der Waals surface area contributed by atoms with E-state index in [1.54, 1.807) is 0 Å². The Morgan fingerprint density at radius 2 is 2.10 bits per heavy atom. The summed E-state index contributed by atoms with van der Waals surface area (Å²) >= 11 is 0. The zero-order valence-corrected chi connectivity index (χ0v) is 13.8. The molecule has 2 heterocycles. The number of hydrogen-bond acceptors (Lipinski definition) is 5. The van der Waals surface area contributed by atoms with Gasteiger partial charge in [-0.3, -0.25) is 9.69 Å². The van der Waals surface area contributed by atoms with Crippen LogP contribution in [0.15, 0.2) is 0 Å². The lowest BCUT2D eigenvalue weighted by Crippen LogP contribution is -2.55. The van der Waals surface area contributed by atoms with Crippen molar-refractivity contribution in [3.63, 3.8) is 0 Å². The van der Waals surface area contributed by atoms with Crippen LogP contribution in [-0.2, 0) is 9.53 Å². The number of nitrogens with one attached hydrogen (secondary N) is 1. The minimum atomic E-state index is -0.181. The fourth-order valence-corrected chi connectivity index (χ4v) is 3.55. The monoisotopic (exact) mass is 297 g/mol. The summed E-state index contributed by atoms with van der Waals surface area (Å²) in [4.78, 5) is 17.0. The number of ether oxygens (including phenoxy) is 1. The number of rotatable bonds is 6. The molecule has 0 aromatic heterocycles. The van der Waals surface area contributed by atoms with Crippen LogP contribution in [0.2, 0.25) is 0 Å². The summed E-state index contributed by atoms with van der Waals surface area (Å²) < 4.78 is 4.91. The lowest BCUT2D eigenvalue weighted by atomic mass is 9.99. The van der Waals surface area contributed by atoms with E-state index in [9.17, 15) is 4.79 Å². The number of esters is 1. The van der Waals surface area contributed by atoms with Gasteiger partial charge in [-0.05, 0) is 25.8 Å². The number of fused-ring (bicyclic) bond motifs is 1. The first-order valence-corrected chi connectivity index (χ1v) is 8.40. The molecule has 2 atom stereocenters. The van der Waals surface area contributed by atoms with Crippen molar-refractivity contribution in [2.24, 2.45) is 0 Å². The molecule has 21 heavy (non-hydrogen) atoms. The summed E-state index contributed by atoms with van der Waals surface area (Å²) in [7, 11) is 1.47. The largest absolute Gasteiger partial charge is 0.468 e. The molecular formula is C16H31N3O2. The summed E-state index contributed by atoms with van der Waals surface area (Å²) in [5, 5.41) is 3.31. The van der Waals surface area contributed by atoms with Crippen molar-refractivity contribution in [3.05, 3.63) is 0 Å². The molecule has 0 radical (unpaired) electrons. The molecule has 2 rings (SSSR count). The van der Waals surface area contributed by atoms with E-state index in [0.717, 1.165) is 32.1 Å². The van der Waals surface area contributed by atoms with Gasteiger partial charge in [0.25, 0.3) is 0 Å². The fraction of sp³-hybridized carbons (Fsp3) is 0.938. The van der Waals surface area contributed by atoms with E-state index in [1.165, 1.54) is 39.5 Å². The highest BCUT2D eigenvalue weighted by Crippen LogP contribution is 2.21. The van der Waals surface area contributed by atoms with Gasteiger partial charge in [0, 0.05) is 38.3 Å². The van der Waals surface area contributed by atoms with Gasteiger partial charge in [-0.15, -0.1) is 0 Å². The minimum Gasteiger partial charge on any atom is -0.468 e. The van der Waals surface area contributed by atoms with Crippen LogP contribution < -0.4 is 5.32 Å². The summed E-state index contributed by atoms with van der Waals surface area (Å²) in [6.45, 7) is 9.86. The first-order chi connectivity index (χ1) is 10.1. The average molecular weight is 297 g/mol. The van der Waals surface area contributed by atoms with Crippen molar-refractivity contribution in [3.8, 4) is 0 Å².